The number of aryl methyl sites for hydroxylation is 1. The van der Waals surface area contributed by atoms with E-state index in [9.17, 15) is 0 Å². The van der Waals surface area contributed by atoms with Crippen LogP contribution in [0.5, 0.6) is 0 Å². The predicted octanol–water partition coefficient (Wildman–Crippen LogP) is 4.13. The number of thiophene rings is 1. The van der Waals surface area contributed by atoms with Gasteiger partial charge in [0, 0.05) is 10.4 Å². The number of nitrogens with zero attached hydrogens (tertiary/aromatic N) is 4. The lowest BCUT2D eigenvalue weighted by atomic mass is 9.89. The molecule has 0 radical (unpaired) electrons. The normalized spacial score (nSPS) is 17.7. The highest BCUT2D eigenvalue weighted by molar-refractivity contribution is 7.19. The van der Waals surface area contributed by atoms with Crippen molar-refractivity contribution >= 4 is 27.2 Å². The van der Waals surface area contributed by atoms with Crippen LogP contribution in [-0.4, -0.2) is 19.6 Å². The molecule has 1 aromatic carbocycles. The second-order valence-electron chi connectivity index (χ2n) is 6.36. The molecule has 114 valence electrons. The molecule has 0 N–H and O–H groups in total. The molecular formula is C18H16N4S. The topological polar surface area (TPSA) is 43.1 Å². The molecule has 3 aromatic heterocycles. The maximum Gasteiger partial charge on any atom is 0.172 e. The Hall–Kier alpha value is -2.27. The van der Waals surface area contributed by atoms with Gasteiger partial charge >= 0.3 is 0 Å². The van der Waals surface area contributed by atoms with E-state index in [1.807, 2.05) is 40.3 Å². The number of hydrogen-bond donors (Lipinski definition) is 0. The number of fused-ring (bicyclic) bond motifs is 5. The molecule has 4 nitrogen and oxygen atoms in total. The summed E-state index contributed by atoms with van der Waals surface area (Å²) in [6, 6.07) is 10.2. The first kappa shape index (κ1) is 13.2. The van der Waals surface area contributed by atoms with Gasteiger partial charge in [0.2, 0.25) is 0 Å². The molecule has 0 saturated carbocycles. The molecule has 0 fully saturated rings. The van der Waals surface area contributed by atoms with Gasteiger partial charge in [-0.25, -0.2) is 4.98 Å². The van der Waals surface area contributed by atoms with Gasteiger partial charge in [0.25, 0.3) is 0 Å². The van der Waals surface area contributed by atoms with E-state index >= 15 is 0 Å². The van der Waals surface area contributed by atoms with Crippen LogP contribution < -0.4 is 0 Å². The van der Waals surface area contributed by atoms with Crippen LogP contribution in [0, 0.1) is 5.92 Å². The monoisotopic (exact) mass is 320 g/mol. The van der Waals surface area contributed by atoms with E-state index < -0.39 is 0 Å². The van der Waals surface area contributed by atoms with Gasteiger partial charge < -0.3 is 0 Å². The van der Waals surface area contributed by atoms with Crippen LogP contribution in [0.15, 0.2) is 36.7 Å². The number of aromatic nitrogens is 4. The van der Waals surface area contributed by atoms with Crippen LogP contribution in [0.2, 0.25) is 0 Å². The summed E-state index contributed by atoms with van der Waals surface area (Å²) in [7, 11) is 0. The van der Waals surface area contributed by atoms with E-state index in [1.165, 1.54) is 28.7 Å². The fourth-order valence-corrected chi connectivity index (χ4v) is 4.71. The molecule has 5 rings (SSSR count). The molecular weight excluding hydrogens is 304 g/mol. The number of rotatable bonds is 1. The van der Waals surface area contributed by atoms with Crippen molar-refractivity contribution in [1.82, 2.24) is 19.6 Å². The molecule has 0 bridgehead atoms. The van der Waals surface area contributed by atoms with Gasteiger partial charge in [0.1, 0.15) is 11.2 Å². The SMILES string of the molecule is C[C@@H]1CCc2sc3ncn4c(-c5ccccc5)nnc4c3c2C1. The molecule has 1 atom stereocenters. The largest absolute Gasteiger partial charge is 0.265 e. The Morgan fingerprint density at radius 2 is 2.04 bits per heavy atom. The van der Waals surface area contributed by atoms with E-state index in [0.29, 0.717) is 0 Å². The summed E-state index contributed by atoms with van der Waals surface area (Å²) in [5.41, 5.74) is 3.47. The van der Waals surface area contributed by atoms with Crippen LogP contribution in [0.3, 0.4) is 0 Å². The molecule has 0 saturated heterocycles. The quantitative estimate of drug-likeness (QED) is 0.529. The minimum atomic E-state index is 0.733. The zero-order valence-electron chi connectivity index (χ0n) is 12.9. The molecule has 0 spiro atoms. The van der Waals surface area contributed by atoms with Gasteiger partial charge in [0.15, 0.2) is 11.5 Å². The lowest BCUT2D eigenvalue weighted by Crippen LogP contribution is -2.09. The standard InChI is InChI=1S/C18H16N4S/c1-11-7-8-14-13(9-11)15-17-21-20-16(12-5-3-2-4-6-12)22(17)10-19-18(15)23-14/h2-6,10-11H,7-9H2,1H3/t11-/m1/s1. The maximum absolute atomic E-state index is 4.70. The van der Waals surface area contributed by atoms with Gasteiger partial charge in [-0.2, -0.15) is 0 Å². The maximum atomic E-state index is 4.70. The summed E-state index contributed by atoms with van der Waals surface area (Å²) in [5.74, 6) is 1.59. The summed E-state index contributed by atoms with van der Waals surface area (Å²) in [6.45, 7) is 2.33. The first-order valence-corrected chi connectivity index (χ1v) is 8.82. The average Bonchev–Trinajstić information content (AvgIpc) is 3.16. The van der Waals surface area contributed by atoms with Crippen molar-refractivity contribution in [2.45, 2.75) is 26.2 Å². The second kappa shape index (κ2) is 4.86. The van der Waals surface area contributed by atoms with Crippen molar-refractivity contribution < 1.29 is 0 Å². The van der Waals surface area contributed by atoms with Crippen LogP contribution in [0.1, 0.15) is 23.8 Å². The first-order chi connectivity index (χ1) is 11.3. The fraction of sp³-hybridized carbons (Fsp3) is 0.278. The molecule has 0 amide bonds. The first-order valence-electron chi connectivity index (χ1n) is 8.00. The third kappa shape index (κ3) is 1.93. The summed E-state index contributed by atoms with van der Waals surface area (Å²) in [6.07, 6.45) is 5.44. The van der Waals surface area contributed by atoms with Crippen molar-refractivity contribution in [1.29, 1.82) is 0 Å². The summed E-state index contributed by atoms with van der Waals surface area (Å²) in [4.78, 5) is 7.29. The summed E-state index contributed by atoms with van der Waals surface area (Å²) in [5, 5.41) is 10.2. The van der Waals surface area contributed by atoms with E-state index in [1.54, 1.807) is 0 Å². The highest BCUT2D eigenvalue weighted by Gasteiger charge is 2.24. The molecule has 0 unspecified atom stereocenters. The number of benzene rings is 1. The summed E-state index contributed by atoms with van der Waals surface area (Å²) >= 11 is 1.83. The van der Waals surface area contributed by atoms with Crippen molar-refractivity contribution in [3.63, 3.8) is 0 Å². The van der Waals surface area contributed by atoms with Gasteiger partial charge in [-0.15, -0.1) is 21.5 Å². The van der Waals surface area contributed by atoms with Crippen LogP contribution >= 0.6 is 11.3 Å². The minimum absolute atomic E-state index is 0.733. The fourth-order valence-electron chi connectivity index (χ4n) is 3.53. The van der Waals surface area contributed by atoms with E-state index in [-0.39, 0.29) is 0 Å². The van der Waals surface area contributed by atoms with Gasteiger partial charge in [-0.1, -0.05) is 37.3 Å². The van der Waals surface area contributed by atoms with Crippen molar-refractivity contribution in [3.05, 3.63) is 47.1 Å². The highest BCUT2D eigenvalue weighted by atomic mass is 32.1. The van der Waals surface area contributed by atoms with E-state index in [0.717, 1.165) is 34.2 Å². The third-order valence-electron chi connectivity index (χ3n) is 4.73. The number of hydrogen-bond acceptors (Lipinski definition) is 4. The Balaban J connectivity index is 1.81. The Morgan fingerprint density at radius 3 is 2.91 bits per heavy atom. The van der Waals surface area contributed by atoms with E-state index in [4.69, 9.17) is 4.98 Å². The Morgan fingerprint density at radius 1 is 1.17 bits per heavy atom. The zero-order chi connectivity index (χ0) is 15.4. The van der Waals surface area contributed by atoms with Crippen molar-refractivity contribution in [3.8, 4) is 11.4 Å². The Bertz CT molecular complexity index is 1020. The highest BCUT2D eigenvalue weighted by Crippen LogP contribution is 2.39. The molecule has 5 heteroatoms. The van der Waals surface area contributed by atoms with Crippen LogP contribution in [0.25, 0.3) is 27.3 Å². The molecule has 1 aliphatic carbocycles. The molecule has 3 heterocycles. The molecule has 23 heavy (non-hydrogen) atoms. The predicted molar refractivity (Wildman–Crippen MR) is 92.8 cm³/mol. The van der Waals surface area contributed by atoms with Crippen LogP contribution in [0.4, 0.5) is 0 Å². The van der Waals surface area contributed by atoms with Gasteiger partial charge in [0.05, 0.1) is 5.39 Å². The lowest BCUT2D eigenvalue weighted by Gasteiger charge is -2.17. The Kier molecular flexibility index (Phi) is 2.79. The smallest absolute Gasteiger partial charge is 0.172 e. The summed E-state index contributed by atoms with van der Waals surface area (Å²) < 4.78 is 2.03. The third-order valence-corrected chi connectivity index (χ3v) is 5.93. The van der Waals surface area contributed by atoms with Gasteiger partial charge in [-0.3, -0.25) is 4.40 Å². The molecule has 4 aromatic rings. The van der Waals surface area contributed by atoms with Crippen LogP contribution in [-0.2, 0) is 12.8 Å². The zero-order valence-corrected chi connectivity index (χ0v) is 13.7. The van der Waals surface area contributed by atoms with E-state index in [2.05, 4.69) is 29.3 Å². The van der Waals surface area contributed by atoms with Crippen molar-refractivity contribution in [2.24, 2.45) is 5.92 Å². The Labute approximate surface area is 137 Å². The second-order valence-corrected chi connectivity index (χ2v) is 7.44. The average molecular weight is 320 g/mol. The molecule has 1 aliphatic rings. The molecule has 0 aliphatic heterocycles. The minimum Gasteiger partial charge on any atom is -0.265 e. The van der Waals surface area contributed by atoms with Crippen molar-refractivity contribution in [2.75, 3.05) is 0 Å². The lowest BCUT2D eigenvalue weighted by molar-refractivity contribution is 0.508. The van der Waals surface area contributed by atoms with Gasteiger partial charge in [-0.05, 0) is 30.7 Å².